The molecule has 0 spiro atoms. The van der Waals surface area contributed by atoms with Gasteiger partial charge in [0.2, 0.25) is 0 Å². The van der Waals surface area contributed by atoms with Crippen molar-refractivity contribution in [3.05, 3.63) is 46.3 Å². The predicted octanol–water partition coefficient (Wildman–Crippen LogP) is 2.80. The number of nitrogens with zero attached hydrogens (tertiary/aromatic N) is 1. The minimum atomic E-state index is -1.09. The number of carbonyl (C=O) groups is 2. The van der Waals surface area contributed by atoms with Gasteiger partial charge in [-0.1, -0.05) is 23.7 Å². The van der Waals surface area contributed by atoms with Crippen LogP contribution in [0.4, 0.5) is 5.69 Å². The molecule has 0 saturated carbocycles. The molecule has 0 atom stereocenters. The number of carboxylic acid groups (broad SMARTS) is 1. The molecule has 0 saturated heterocycles. The Morgan fingerprint density at radius 2 is 2.05 bits per heavy atom. The Morgan fingerprint density at radius 3 is 2.67 bits per heavy atom. The Morgan fingerprint density at radius 1 is 1.33 bits per heavy atom. The summed E-state index contributed by atoms with van der Waals surface area (Å²) in [7, 11) is 0. The summed E-state index contributed by atoms with van der Waals surface area (Å²) < 4.78 is 5.02. The average Bonchev–Trinajstić information content (AvgIpc) is 2.81. The maximum Gasteiger partial charge on any atom is 0.337 e. The van der Waals surface area contributed by atoms with E-state index in [2.05, 4.69) is 10.5 Å². The topological polar surface area (TPSA) is 92.4 Å². The van der Waals surface area contributed by atoms with Gasteiger partial charge < -0.3 is 14.9 Å². The van der Waals surface area contributed by atoms with E-state index in [1.165, 1.54) is 6.07 Å². The molecule has 110 valence electrons. The fraction of sp³-hybridized carbons (Fsp3) is 0.267. The van der Waals surface area contributed by atoms with Crippen molar-refractivity contribution in [1.82, 2.24) is 5.16 Å². The van der Waals surface area contributed by atoms with Crippen molar-refractivity contribution in [2.75, 3.05) is 5.32 Å². The number of rotatable bonds is 4. The molecule has 1 amide bonds. The molecule has 2 rings (SSSR count). The first-order chi connectivity index (χ1) is 9.93. The van der Waals surface area contributed by atoms with Crippen LogP contribution < -0.4 is 5.32 Å². The van der Waals surface area contributed by atoms with Crippen molar-refractivity contribution in [2.24, 2.45) is 0 Å². The van der Waals surface area contributed by atoms with Crippen LogP contribution >= 0.6 is 0 Å². The maximum absolute atomic E-state index is 12.3. The number of aryl methyl sites for hydroxylation is 3. The molecule has 0 bridgehead atoms. The summed E-state index contributed by atoms with van der Waals surface area (Å²) in [4.78, 5) is 23.6. The summed E-state index contributed by atoms with van der Waals surface area (Å²) in [6.45, 7) is 5.30. The van der Waals surface area contributed by atoms with E-state index in [1.54, 1.807) is 26.0 Å². The molecule has 0 aliphatic heterocycles. The second-order valence-electron chi connectivity index (χ2n) is 4.72. The Bertz CT molecular complexity index is 704. The number of hydrogen-bond donors (Lipinski definition) is 2. The van der Waals surface area contributed by atoms with Crippen molar-refractivity contribution in [1.29, 1.82) is 0 Å². The Balaban J connectivity index is 2.36. The van der Waals surface area contributed by atoms with Crippen LogP contribution in [0.25, 0.3) is 0 Å². The average molecular weight is 288 g/mol. The predicted molar refractivity (Wildman–Crippen MR) is 76.7 cm³/mol. The van der Waals surface area contributed by atoms with E-state index >= 15 is 0 Å². The maximum atomic E-state index is 12.3. The van der Waals surface area contributed by atoms with Crippen molar-refractivity contribution in [3.63, 3.8) is 0 Å². The third-order valence-electron chi connectivity index (χ3n) is 3.15. The van der Waals surface area contributed by atoms with E-state index in [4.69, 9.17) is 4.52 Å². The molecule has 2 N–H and O–H groups in total. The number of amides is 1. The van der Waals surface area contributed by atoms with Crippen LogP contribution in [0.1, 0.15) is 44.7 Å². The van der Waals surface area contributed by atoms with Crippen molar-refractivity contribution in [3.8, 4) is 0 Å². The molecule has 1 heterocycles. The first-order valence-electron chi connectivity index (χ1n) is 6.54. The van der Waals surface area contributed by atoms with Gasteiger partial charge in [0.1, 0.15) is 11.3 Å². The van der Waals surface area contributed by atoms with Gasteiger partial charge in [-0.05, 0) is 32.4 Å². The Kier molecular flexibility index (Phi) is 4.07. The van der Waals surface area contributed by atoms with Gasteiger partial charge in [-0.15, -0.1) is 0 Å². The van der Waals surface area contributed by atoms with Crippen LogP contribution in [0.5, 0.6) is 0 Å². The van der Waals surface area contributed by atoms with Crippen LogP contribution in [0, 0.1) is 13.8 Å². The minimum Gasteiger partial charge on any atom is -0.478 e. The standard InChI is InChI=1S/C15H16N2O4/c1-4-11-13(9(3)21-17-11)14(18)16-12-6-5-8(2)7-10(12)15(19)20/h5-7H,4H2,1-3H3,(H,16,18)(H,19,20). The normalized spacial score (nSPS) is 10.4. The lowest BCUT2D eigenvalue weighted by Crippen LogP contribution is -2.16. The SMILES string of the molecule is CCc1noc(C)c1C(=O)Nc1ccc(C)cc1C(=O)O. The molecule has 0 aliphatic carbocycles. The van der Waals surface area contributed by atoms with E-state index in [9.17, 15) is 14.7 Å². The van der Waals surface area contributed by atoms with Crippen LogP contribution in [0.2, 0.25) is 0 Å². The molecule has 0 fully saturated rings. The van der Waals surface area contributed by atoms with Gasteiger partial charge >= 0.3 is 5.97 Å². The molecular formula is C15H16N2O4. The fourth-order valence-corrected chi connectivity index (χ4v) is 2.08. The highest BCUT2D eigenvalue weighted by molar-refractivity contribution is 6.08. The number of benzene rings is 1. The highest BCUT2D eigenvalue weighted by Gasteiger charge is 2.21. The van der Waals surface area contributed by atoms with E-state index in [-0.39, 0.29) is 11.3 Å². The fourth-order valence-electron chi connectivity index (χ4n) is 2.08. The van der Waals surface area contributed by atoms with Gasteiger partial charge in [-0.2, -0.15) is 0 Å². The first-order valence-corrected chi connectivity index (χ1v) is 6.54. The van der Waals surface area contributed by atoms with Gasteiger partial charge in [0.05, 0.1) is 16.9 Å². The molecular weight excluding hydrogens is 272 g/mol. The molecule has 2 aromatic rings. The van der Waals surface area contributed by atoms with Crippen molar-refractivity contribution < 1.29 is 19.2 Å². The van der Waals surface area contributed by atoms with Crippen molar-refractivity contribution in [2.45, 2.75) is 27.2 Å². The van der Waals surface area contributed by atoms with Gasteiger partial charge in [-0.3, -0.25) is 4.79 Å². The molecule has 6 heteroatoms. The molecule has 21 heavy (non-hydrogen) atoms. The molecule has 6 nitrogen and oxygen atoms in total. The number of anilines is 1. The highest BCUT2D eigenvalue weighted by atomic mass is 16.5. The summed E-state index contributed by atoms with van der Waals surface area (Å²) >= 11 is 0. The highest BCUT2D eigenvalue weighted by Crippen LogP contribution is 2.21. The Hall–Kier alpha value is -2.63. The second kappa shape index (κ2) is 5.78. The number of hydrogen-bond acceptors (Lipinski definition) is 4. The minimum absolute atomic E-state index is 0.0514. The summed E-state index contributed by atoms with van der Waals surface area (Å²) in [5.74, 6) is -1.10. The number of aromatic carboxylic acids is 1. The smallest absolute Gasteiger partial charge is 0.337 e. The molecule has 1 aromatic heterocycles. The van der Waals surface area contributed by atoms with E-state index in [0.717, 1.165) is 5.56 Å². The van der Waals surface area contributed by atoms with E-state index < -0.39 is 11.9 Å². The third kappa shape index (κ3) is 2.94. The van der Waals surface area contributed by atoms with Crippen molar-refractivity contribution >= 4 is 17.6 Å². The number of carbonyl (C=O) groups excluding carboxylic acids is 1. The van der Waals surface area contributed by atoms with Crippen LogP contribution in [-0.2, 0) is 6.42 Å². The quantitative estimate of drug-likeness (QED) is 0.902. The van der Waals surface area contributed by atoms with Crippen LogP contribution in [0.3, 0.4) is 0 Å². The van der Waals surface area contributed by atoms with Gasteiger partial charge in [0, 0.05) is 0 Å². The zero-order valence-electron chi connectivity index (χ0n) is 12.1. The lowest BCUT2D eigenvalue weighted by Gasteiger charge is -2.09. The lowest BCUT2D eigenvalue weighted by molar-refractivity contribution is 0.0698. The molecule has 0 radical (unpaired) electrons. The monoisotopic (exact) mass is 288 g/mol. The van der Waals surface area contributed by atoms with Crippen LogP contribution in [-0.4, -0.2) is 22.1 Å². The first kappa shape index (κ1) is 14.8. The largest absolute Gasteiger partial charge is 0.478 e. The van der Waals surface area contributed by atoms with Gasteiger partial charge in [0.15, 0.2) is 0 Å². The third-order valence-corrected chi connectivity index (χ3v) is 3.15. The number of carboxylic acids is 1. The molecule has 1 aromatic carbocycles. The summed E-state index contributed by atoms with van der Waals surface area (Å²) in [6.07, 6.45) is 0.555. The van der Waals surface area contributed by atoms with Crippen LogP contribution in [0.15, 0.2) is 22.7 Å². The summed E-state index contributed by atoms with van der Waals surface area (Å²) in [5, 5.41) is 15.6. The Labute approximate surface area is 121 Å². The second-order valence-corrected chi connectivity index (χ2v) is 4.72. The van der Waals surface area contributed by atoms with E-state index in [1.807, 2.05) is 6.92 Å². The summed E-state index contributed by atoms with van der Waals surface area (Å²) in [5.41, 5.74) is 2.01. The van der Waals surface area contributed by atoms with E-state index in [0.29, 0.717) is 23.4 Å². The number of nitrogens with one attached hydrogen (secondary N) is 1. The lowest BCUT2D eigenvalue weighted by atomic mass is 10.1. The van der Waals surface area contributed by atoms with Gasteiger partial charge in [-0.25, -0.2) is 4.79 Å². The summed E-state index contributed by atoms with van der Waals surface area (Å²) in [6, 6.07) is 4.83. The zero-order valence-corrected chi connectivity index (χ0v) is 12.1. The number of aromatic nitrogens is 1. The van der Waals surface area contributed by atoms with Gasteiger partial charge in [0.25, 0.3) is 5.91 Å². The zero-order chi connectivity index (χ0) is 15.6. The molecule has 0 unspecified atom stereocenters. The molecule has 0 aliphatic rings.